The van der Waals surface area contributed by atoms with Gasteiger partial charge in [0.25, 0.3) is 0 Å². The molecule has 1 aliphatic heterocycles. The summed E-state index contributed by atoms with van der Waals surface area (Å²) in [7, 11) is 0. The molecular weight excluding hydrogens is 300 g/mol. The van der Waals surface area contributed by atoms with Crippen LogP contribution in [0.1, 0.15) is 30.2 Å². The van der Waals surface area contributed by atoms with E-state index in [4.69, 9.17) is 4.74 Å². The van der Waals surface area contributed by atoms with Crippen LogP contribution in [0.2, 0.25) is 0 Å². The lowest BCUT2D eigenvalue weighted by Crippen LogP contribution is -2.47. The average Bonchev–Trinajstić information content (AvgIpc) is 2.64. The molecule has 2 aromatic rings. The minimum absolute atomic E-state index is 0.181. The van der Waals surface area contributed by atoms with Gasteiger partial charge in [0.05, 0.1) is 0 Å². The van der Waals surface area contributed by atoms with Gasteiger partial charge in [-0.05, 0) is 18.1 Å². The fourth-order valence-electron chi connectivity index (χ4n) is 3.10. The monoisotopic (exact) mass is 324 g/mol. The topological polar surface area (TPSA) is 41.6 Å². The molecule has 1 fully saturated rings. The summed E-state index contributed by atoms with van der Waals surface area (Å²) in [6.45, 7) is 5.39. The van der Waals surface area contributed by atoms with Crippen molar-refractivity contribution < 1.29 is 9.53 Å². The molecule has 1 unspecified atom stereocenters. The normalized spacial score (nSPS) is 17.9. The van der Waals surface area contributed by atoms with Gasteiger partial charge in [-0.2, -0.15) is 0 Å². The third kappa shape index (κ3) is 4.02. The van der Waals surface area contributed by atoms with E-state index in [0.29, 0.717) is 0 Å². The number of carbonyl (C=O) groups is 1. The highest BCUT2D eigenvalue weighted by Crippen LogP contribution is 2.26. The van der Waals surface area contributed by atoms with Crippen LogP contribution in [0.4, 0.5) is 0 Å². The molecule has 2 atom stereocenters. The third-order valence-electron chi connectivity index (χ3n) is 4.42. The largest absolute Gasteiger partial charge is 0.456 e. The summed E-state index contributed by atoms with van der Waals surface area (Å²) in [6, 6.07) is 19.4. The lowest BCUT2D eigenvalue weighted by molar-refractivity contribution is -0.155. The highest BCUT2D eigenvalue weighted by Gasteiger charge is 2.31. The number of ether oxygens (including phenoxy) is 1. The van der Waals surface area contributed by atoms with Gasteiger partial charge >= 0.3 is 5.97 Å². The Kier molecular flexibility index (Phi) is 5.62. The predicted molar refractivity (Wildman–Crippen MR) is 94.6 cm³/mol. The molecule has 1 saturated heterocycles. The van der Waals surface area contributed by atoms with Crippen molar-refractivity contribution >= 4 is 5.97 Å². The van der Waals surface area contributed by atoms with E-state index in [-0.39, 0.29) is 18.1 Å². The van der Waals surface area contributed by atoms with Crippen LogP contribution in [-0.4, -0.2) is 37.0 Å². The Labute approximate surface area is 143 Å². The number of esters is 1. The fraction of sp³-hybridized carbons (Fsp3) is 0.350. The van der Waals surface area contributed by atoms with Gasteiger partial charge in [0.15, 0.2) is 0 Å². The van der Waals surface area contributed by atoms with E-state index in [9.17, 15) is 4.79 Å². The van der Waals surface area contributed by atoms with E-state index in [2.05, 4.69) is 10.2 Å². The van der Waals surface area contributed by atoms with E-state index in [1.807, 2.05) is 67.6 Å². The zero-order valence-electron chi connectivity index (χ0n) is 14.0. The van der Waals surface area contributed by atoms with E-state index in [1.54, 1.807) is 0 Å². The molecule has 2 aromatic carbocycles. The van der Waals surface area contributed by atoms with Gasteiger partial charge in [0, 0.05) is 26.2 Å². The molecule has 1 N–H and O–H groups in total. The van der Waals surface area contributed by atoms with E-state index in [0.717, 1.165) is 37.3 Å². The van der Waals surface area contributed by atoms with Gasteiger partial charge in [-0.3, -0.25) is 4.90 Å². The Morgan fingerprint density at radius 1 is 0.958 bits per heavy atom. The van der Waals surface area contributed by atoms with Gasteiger partial charge in [0.1, 0.15) is 12.1 Å². The minimum atomic E-state index is -0.348. The average molecular weight is 324 g/mol. The number of nitrogens with zero attached hydrogens (tertiary/aromatic N) is 1. The Hall–Kier alpha value is -2.17. The summed E-state index contributed by atoms with van der Waals surface area (Å²) in [5.41, 5.74) is 2.00. The van der Waals surface area contributed by atoms with E-state index in [1.165, 1.54) is 0 Å². The van der Waals surface area contributed by atoms with Crippen LogP contribution in [0, 0.1) is 0 Å². The maximum absolute atomic E-state index is 12.9. The number of carbonyl (C=O) groups excluding carboxylic acids is 1. The molecule has 1 heterocycles. The molecule has 0 amide bonds. The predicted octanol–water partition coefficient (Wildman–Crippen LogP) is 2.94. The summed E-state index contributed by atoms with van der Waals surface area (Å²) in [5.74, 6) is -0.181. The van der Waals surface area contributed by atoms with Crippen molar-refractivity contribution in [1.82, 2.24) is 10.2 Å². The van der Waals surface area contributed by atoms with Crippen molar-refractivity contribution in [2.24, 2.45) is 0 Å². The summed E-state index contributed by atoms with van der Waals surface area (Å²) in [6.07, 6.45) is -0.257. The maximum Gasteiger partial charge on any atom is 0.328 e. The molecule has 0 aromatic heterocycles. The molecular formula is C20H24N2O2. The van der Waals surface area contributed by atoms with Crippen LogP contribution in [0.15, 0.2) is 60.7 Å². The van der Waals surface area contributed by atoms with Gasteiger partial charge in [-0.15, -0.1) is 0 Å². The lowest BCUT2D eigenvalue weighted by Gasteiger charge is -2.34. The van der Waals surface area contributed by atoms with Crippen LogP contribution in [-0.2, 0) is 9.53 Å². The molecule has 0 spiro atoms. The van der Waals surface area contributed by atoms with Crippen molar-refractivity contribution in [1.29, 1.82) is 0 Å². The number of hydrogen-bond donors (Lipinski definition) is 1. The van der Waals surface area contributed by atoms with Gasteiger partial charge in [0.2, 0.25) is 0 Å². The van der Waals surface area contributed by atoms with E-state index >= 15 is 0 Å². The first kappa shape index (κ1) is 16.7. The van der Waals surface area contributed by atoms with Crippen molar-refractivity contribution in [3.8, 4) is 0 Å². The first-order chi connectivity index (χ1) is 11.8. The Balaban J connectivity index is 1.78. The number of benzene rings is 2. The molecule has 126 valence electrons. The van der Waals surface area contributed by atoms with Crippen molar-refractivity contribution in [3.63, 3.8) is 0 Å². The summed E-state index contributed by atoms with van der Waals surface area (Å²) >= 11 is 0. The zero-order valence-corrected chi connectivity index (χ0v) is 14.0. The molecule has 0 saturated carbocycles. The number of nitrogens with one attached hydrogen (secondary N) is 1. The second-order valence-corrected chi connectivity index (χ2v) is 6.09. The zero-order chi connectivity index (χ0) is 16.8. The third-order valence-corrected chi connectivity index (χ3v) is 4.42. The maximum atomic E-state index is 12.9. The highest BCUT2D eigenvalue weighted by atomic mass is 16.5. The quantitative estimate of drug-likeness (QED) is 0.859. The molecule has 0 radical (unpaired) electrons. The smallest absolute Gasteiger partial charge is 0.328 e. The summed E-state index contributed by atoms with van der Waals surface area (Å²) in [5, 5.41) is 3.33. The molecule has 24 heavy (non-hydrogen) atoms. The van der Waals surface area contributed by atoms with Gasteiger partial charge in [-0.1, -0.05) is 60.7 Å². The Morgan fingerprint density at radius 2 is 1.50 bits per heavy atom. The van der Waals surface area contributed by atoms with Crippen LogP contribution < -0.4 is 5.32 Å². The van der Waals surface area contributed by atoms with Gasteiger partial charge in [-0.25, -0.2) is 4.79 Å². The van der Waals surface area contributed by atoms with Gasteiger partial charge < -0.3 is 10.1 Å². The SMILES string of the molecule is C[C@H](OC(=O)C(c1ccccc1)N1CCNCC1)c1ccccc1. The van der Waals surface area contributed by atoms with Crippen LogP contribution >= 0.6 is 0 Å². The van der Waals surface area contributed by atoms with Crippen molar-refractivity contribution in [2.75, 3.05) is 26.2 Å². The summed E-state index contributed by atoms with van der Waals surface area (Å²) < 4.78 is 5.81. The molecule has 3 rings (SSSR count). The second-order valence-electron chi connectivity index (χ2n) is 6.09. The lowest BCUT2D eigenvalue weighted by atomic mass is 10.0. The number of hydrogen-bond acceptors (Lipinski definition) is 4. The summed E-state index contributed by atoms with van der Waals surface area (Å²) in [4.78, 5) is 15.1. The van der Waals surface area contributed by atoms with Crippen molar-refractivity contribution in [2.45, 2.75) is 19.1 Å². The Morgan fingerprint density at radius 3 is 2.08 bits per heavy atom. The first-order valence-electron chi connectivity index (χ1n) is 8.51. The number of piperazine rings is 1. The second kappa shape index (κ2) is 8.08. The molecule has 0 aliphatic carbocycles. The van der Waals surface area contributed by atoms with Crippen LogP contribution in [0.3, 0.4) is 0 Å². The molecule has 4 heteroatoms. The van der Waals surface area contributed by atoms with Crippen LogP contribution in [0.25, 0.3) is 0 Å². The molecule has 0 bridgehead atoms. The first-order valence-corrected chi connectivity index (χ1v) is 8.51. The minimum Gasteiger partial charge on any atom is -0.456 e. The van der Waals surface area contributed by atoms with E-state index < -0.39 is 0 Å². The standard InChI is InChI=1S/C20H24N2O2/c1-16(17-8-4-2-5-9-17)24-20(23)19(18-10-6-3-7-11-18)22-14-12-21-13-15-22/h2-11,16,19,21H,12-15H2,1H3/t16-,19?/m0/s1. The molecule has 1 aliphatic rings. The highest BCUT2D eigenvalue weighted by molar-refractivity contribution is 5.78. The number of rotatable bonds is 5. The Bertz CT molecular complexity index is 639. The molecule has 4 nitrogen and oxygen atoms in total. The van der Waals surface area contributed by atoms with Crippen molar-refractivity contribution in [3.05, 3.63) is 71.8 Å². The van der Waals surface area contributed by atoms with Crippen LogP contribution in [0.5, 0.6) is 0 Å². The fourth-order valence-corrected chi connectivity index (χ4v) is 3.10.